The van der Waals surface area contributed by atoms with Crippen molar-refractivity contribution in [1.82, 2.24) is 4.98 Å². The predicted molar refractivity (Wildman–Crippen MR) is 41.9 cm³/mol. The van der Waals surface area contributed by atoms with Crippen LogP contribution >= 0.6 is 0 Å². The Balaban J connectivity index is 3.03. The van der Waals surface area contributed by atoms with Gasteiger partial charge in [0.05, 0.1) is 0 Å². The van der Waals surface area contributed by atoms with Crippen LogP contribution < -0.4 is 5.73 Å². The zero-order valence-corrected chi connectivity index (χ0v) is 6.92. The number of hydrogen-bond acceptors (Lipinski definition) is 3. The molecule has 1 atom stereocenters. The van der Waals surface area contributed by atoms with Gasteiger partial charge in [-0.3, -0.25) is 0 Å². The molecular weight excluding hydrogens is 195 g/mol. The summed E-state index contributed by atoms with van der Waals surface area (Å²) in [6.45, 7) is 0. The number of rotatable bonds is 1. The molecule has 14 heavy (non-hydrogen) atoms. The first-order valence-electron chi connectivity index (χ1n) is 3.63. The Bertz CT molecular complexity index is 367. The van der Waals surface area contributed by atoms with Crippen LogP contribution in [0.4, 0.5) is 13.2 Å². The zero-order chi connectivity index (χ0) is 10.8. The zero-order valence-electron chi connectivity index (χ0n) is 6.92. The highest BCUT2D eigenvalue weighted by molar-refractivity contribution is 5.28. The minimum Gasteiger partial charge on any atom is -0.316 e. The molecule has 1 heterocycles. The van der Waals surface area contributed by atoms with Gasteiger partial charge in [0.2, 0.25) is 0 Å². The fraction of sp³-hybridized carbons (Fsp3) is 0.250. The fourth-order valence-electron chi connectivity index (χ4n) is 0.890. The molecule has 2 N–H and O–H groups in total. The molecule has 6 heteroatoms. The summed E-state index contributed by atoms with van der Waals surface area (Å²) in [6.07, 6.45) is -3.38. The highest BCUT2D eigenvalue weighted by Gasteiger charge is 2.37. The summed E-state index contributed by atoms with van der Waals surface area (Å²) in [4.78, 5) is 3.54. The highest BCUT2D eigenvalue weighted by Crippen LogP contribution is 2.30. The standard InChI is InChI=1S/C8H6F3N3/c9-8(10,11)7(13)5-1-2-14-6(3-5)4-12/h1-3,7H,13H2. The van der Waals surface area contributed by atoms with E-state index < -0.39 is 12.2 Å². The number of hydrogen-bond donors (Lipinski definition) is 1. The Morgan fingerprint density at radius 1 is 1.50 bits per heavy atom. The van der Waals surface area contributed by atoms with Crippen LogP contribution in [0.3, 0.4) is 0 Å². The van der Waals surface area contributed by atoms with Gasteiger partial charge >= 0.3 is 6.18 Å². The van der Waals surface area contributed by atoms with Crippen molar-refractivity contribution in [3.05, 3.63) is 29.6 Å². The summed E-state index contributed by atoms with van der Waals surface area (Å²) in [6, 6.07) is 1.73. The molecule has 74 valence electrons. The van der Waals surface area contributed by atoms with Crippen molar-refractivity contribution in [3.63, 3.8) is 0 Å². The topological polar surface area (TPSA) is 62.7 Å². The normalized spacial score (nSPS) is 13.4. The van der Waals surface area contributed by atoms with E-state index in [1.807, 2.05) is 0 Å². The molecule has 0 aliphatic heterocycles. The van der Waals surface area contributed by atoms with E-state index >= 15 is 0 Å². The van der Waals surface area contributed by atoms with Gasteiger partial charge in [0.25, 0.3) is 0 Å². The molecule has 1 aromatic rings. The second kappa shape index (κ2) is 3.64. The second-order valence-corrected chi connectivity index (χ2v) is 2.61. The number of alkyl halides is 3. The Labute approximate surface area is 78.0 Å². The van der Waals surface area contributed by atoms with Gasteiger partial charge < -0.3 is 5.73 Å². The predicted octanol–water partition coefficient (Wildman–Crippen LogP) is 1.52. The number of pyridine rings is 1. The van der Waals surface area contributed by atoms with E-state index in [0.717, 1.165) is 18.3 Å². The van der Waals surface area contributed by atoms with Gasteiger partial charge in [0.15, 0.2) is 0 Å². The maximum atomic E-state index is 12.1. The van der Waals surface area contributed by atoms with Crippen molar-refractivity contribution in [2.45, 2.75) is 12.2 Å². The summed E-state index contributed by atoms with van der Waals surface area (Å²) >= 11 is 0. The molecule has 0 amide bonds. The first kappa shape index (κ1) is 10.5. The lowest BCUT2D eigenvalue weighted by molar-refractivity contribution is -0.149. The maximum Gasteiger partial charge on any atom is 0.407 e. The van der Waals surface area contributed by atoms with Crippen LogP contribution in [0, 0.1) is 11.3 Å². The summed E-state index contributed by atoms with van der Waals surface area (Å²) < 4.78 is 36.4. The maximum absolute atomic E-state index is 12.1. The molecule has 0 saturated carbocycles. The third-order valence-corrected chi connectivity index (χ3v) is 1.61. The number of aromatic nitrogens is 1. The molecule has 0 aliphatic rings. The smallest absolute Gasteiger partial charge is 0.316 e. The van der Waals surface area contributed by atoms with Crippen LogP contribution in [0.25, 0.3) is 0 Å². The minimum absolute atomic E-state index is 0.0813. The Morgan fingerprint density at radius 3 is 2.64 bits per heavy atom. The average molecular weight is 201 g/mol. The Hall–Kier alpha value is -1.61. The number of halogens is 3. The lowest BCUT2D eigenvalue weighted by Crippen LogP contribution is -2.28. The van der Waals surface area contributed by atoms with Crippen LogP contribution in [0.15, 0.2) is 18.3 Å². The summed E-state index contributed by atoms with van der Waals surface area (Å²) in [5.74, 6) is 0. The van der Waals surface area contributed by atoms with Crippen LogP contribution in [-0.2, 0) is 0 Å². The molecule has 1 aromatic heterocycles. The fourth-order valence-corrected chi connectivity index (χ4v) is 0.890. The lowest BCUT2D eigenvalue weighted by Gasteiger charge is -2.15. The number of nitrogens with two attached hydrogens (primary N) is 1. The molecule has 0 spiro atoms. The lowest BCUT2D eigenvalue weighted by atomic mass is 10.1. The molecule has 1 rings (SSSR count). The molecular formula is C8H6F3N3. The molecule has 1 unspecified atom stereocenters. The van der Waals surface area contributed by atoms with E-state index in [-0.39, 0.29) is 11.3 Å². The molecule has 0 fully saturated rings. The van der Waals surface area contributed by atoms with Crippen molar-refractivity contribution in [1.29, 1.82) is 5.26 Å². The van der Waals surface area contributed by atoms with Gasteiger partial charge in [-0.2, -0.15) is 18.4 Å². The quantitative estimate of drug-likeness (QED) is 0.749. The van der Waals surface area contributed by atoms with Gasteiger partial charge in [-0.15, -0.1) is 0 Å². The van der Waals surface area contributed by atoms with Gasteiger partial charge in [-0.1, -0.05) is 0 Å². The van der Waals surface area contributed by atoms with Crippen molar-refractivity contribution in [2.75, 3.05) is 0 Å². The van der Waals surface area contributed by atoms with Gasteiger partial charge in [-0.05, 0) is 17.7 Å². The minimum atomic E-state index is -4.51. The third-order valence-electron chi connectivity index (χ3n) is 1.61. The van der Waals surface area contributed by atoms with Crippen LogP contribution in [0.1, 0.15) is 17.3 Å². The SMILES string of the molecule is N#Cc1cc(C(N)C(F)(F)F)ccn1. The van der Waals surface area contributed by atoms with Gasteiger partial charge in [0, 0.05) is 6.20 Å². The Morgan fingerprint density at radius 2 is 2.14 bits per heavy atom. The summed E-state index contributed by atoms with van der Waals surface area (Å²) in [7, 11) is 0. The van der Waals surface area contributed by atoms with Crippen molar-refractivity contribution < 1.29 is 13.2 Å². The summed E-state index contributed by atoms with van der Waals surface area (Å²) in [5, 5.41) is 8.41. The van der Waals surface area contributed by atoms with E-state index in [2.05, 4.69) is 4.98 Å². The van der Waals surface area contributed by atoms with E-state index in [1.54, 1.807) is 6.07 Å². The van der Waals surface area contributed by atoms with Crippen molar-refractivity contribution in [2.24, 2.45) is 5.73 Å². The number of nitrogens with zero attached hydrogens (tertiary/aromatic N) is 2. The van der Waals surface area contributed by atoms with E-state index in [4.69, 9.17) is 11.0 Å². The largest absolute Gasteiger partial charge is 0.407 e. The molecule has 0 aromatic carbocycles. The van der Waals surface area contributed by atoms with E-state index in [0.29, 0.717) is 0 Å². The van der Waals surface area contributed by atoms with Crippen molar-refractivity contribution in [3.8, 4) is 6.07 Å². The van der Waals surface area contributed by atoms with Crippen molar-refractivity contribution >= 4 is 0 Å². The van der Waals surface area contributed by atoms with Crippen LogP contribution in [-0.4, -0.2) is 11.2 Å². The molecule has 0 saturated heterocycles. The van der Waals surface area contributed by atoms with Crippen LogP contribution in [0.5, 0.6) is 0 Å². The van der Waals surface area contributed by atoms with E-state index in [1.165, 1.54) is 0 Å². The van der Waals surface area contributed by atoms with Gasteiger partial charge in [0.1, 0.15) is 17.8 Å². The molecule has 0 bridgehead atoms. The molecule has 0 radical (unpaired) electrons. The second-order valence-electron chi connectivity index (χ2n) is 2.61. The number of nitriles is 1. The summed E-state index contributed by atoms with van der Waals surface area (Å²) in [5.41, 5.74) is 4.69. The first-order chi connectivity index (χ1) is 6.45. The monoisotopic (exact) mass is 201 g/mol. The van der Waals surface area contributed by atoms with E-state index in [9.17, 15) is 13.2 Å². The average Bonchev–Trinajstić information content (AvgIpc) is 2.15. The third kappa shape index (κ3) is 2.20. The Kier molecular flexibility index (Phi) is 2.72. The van der Waals surface area contributed by atoms with Crippen LogP contribution in [0.2, 0.25) is 0 Å². The van der Waals surface area contributed by atoms with Gasteiger partial charge in [-0.25, -0.2) is 4.98 Å². The first-order valence-corrected chi connectivity index (χ1v) is 3.63. The highest BCUT2D eigenvalue weighted by atomic mass is 19.4. The molecule has 0 aliphatic carbocycles. The molecule has 3 nitrogen and oxygen atoms in total.